The van der Waals surface area contributed by atoms with Gasteiger partial charge in [0.1, 0.15) is 36.3 Å². The maximum atomic E-state index is 10.5. The molecule has 6 nitrogen and oxygen atoms in total. The third-order valence-corrected chi connectivity index (χ3v) is 7.16. The molecule has 4 N–H and O–H groups in total. The summed E-state index contributed by atoms with van der Waals surface area (Å²) in [6, 6.07) is 9.95. The number of fused-ring (bicyclic) bond motifs is 1. The quantitative estimate of drug-likeness (QED) is 0.503. The second kappa shape index (κ2) is 8.08. The van der Waals surface area contributed by atoms with Gasteiger partial charge in [-0.2, -0.15) is 0 Å². The first-order valence-electron chi connectivity index (χ1n) is 8.95. The highest BCUT2D eigenvalue weighted by molar-refractivity contribution is 7.26. The van der Waals surface area contributed by atoms with Gasteiger partial charge in [0.25, 0.3) is 0 Å². The van der Waals surface area contributed by atoms with Crippen molar-refractivity contribution in [2.45, 2.75) is 36.9 Å². The number of methoxy groups -OCH3 is 1. The van der Waals surface area contributed by atoms with Gasteiger partial charge in [0.05, 0.1) is 13.7 Å². The topological polar surface area (TPSA) is 99.4 Å². The van der Waals surface area contributed by atoms with Crippen molar-refractivity contribution in [1.82, 2.24) is 0 Å². The molecule has 5 atom stereocenters. The molecule has 4 rings (SSSR count). The van der Waals surface area contributed by atoms with Gasteiger partial charge in [-0.15, -0.1) is 22.7 Å². The molecule has 0 saturated carbocycles. The molecule has 1 aliphatic heterocycles. The van der Waals surface area contributed by atoms with E-state index in [0.717, 1.165) is 12.0 Å². The van der Waals surface area contributed by atoms with Crippen molar-refractivity contribution in [1.29, 1.82) is 0 Å². The molecule has 0 spiro atoms. The van der Waals surface area contributed by atoms with Crippen LogP contribution in [0, 0.1) is 0 Å². The van der Waals surface area contributed by atoms with E-state index in [0.29, 0.717) is 11.3 Å². The first kappa shape index (κ1) is 19.8. The smallest absolute Gasteiger partial charge is 0.124 e. The zero-order chi connectivity index (χ0) is 19.8. The van der Waals surface area contributed by atoms with Crippen LogP contribution < -0.4 is 4.74 Å². The highest BCUT2D eigenvalue weighted by atomic mass is 32.1. The molecule has 1 fully saturated rings. The van der Waals surface area contributed by atoms with Gasteiger partial charge in [-0.3, -0.25) is 0 Å². The van der Waals surface area contributed by atoms with Crippen LogP contribution in [0.25, 0.3) is 9.40 Å². The Balaban J connectivity index is 1.65. The lowest BCUT2D eigenvalue weighted by Crippen LogP contribution is -2.55. The fourth-order valence-corrected chi connectivity index (χ4v) is 5.75. The molecule has 0 bridgehead atoms. The normalized spacial score (nSPS) is 28.0. The highest BCUT2D eigenvalue weighted by Gasteiger charge is 2.44. The van der Waals surface area contributed by atoms with Crippen LogP contribution in [0.5, 0.6) is 5.75 Å². The Hall–Kier alpha value is -1.52. The number of aliphatic hydroxyl groups excluding tert-OH is 4. The van der Waals surface area contributed by atoms with Gasteiger partial charge in [-0.1, -0.05) is 6.07 Å². The number of hydrogen-bond acceptors (Lipinski definition) is 8. The van der Waals surface area contributed by atoms with Crippen molar-refractivity contribution >= 4 is 32.1 Å². The summed E-state index contributed by atoms with van der Waals surface area (Å²) in [5, 5.41) is 42.1. The van der Waals surface area contributed by atoms with E-state index in [2.05, 4.69) is 17.5 Å². The molecule has 150 valence electrons. The Morgan fingerprint density at radius 2 is 1.86 bits per heavy atom. The van der Waals surface area contributed by atoms with E-state index in [4.69, 9.17) is 9.47 Å². The maximum Gasteiger partial charge on any atom is 0.124 e. The number of rotatable bonds is 5. The van der Waals surface area contributed by atoms with Gasteiger partial charge in [-0.05, 0) is 35.2 Å². The molecular weight excluding hydrogens is 400 g/mol. The molecule has 3 aromatic rings. The van der Waals surface area contributed by atoms with Crippen LogP contribution in [0.4, 0.5) is 0 Å². The van der Waals surface area contributed by atoms with Gasteiger partial charge in [-0.25, -0.2) is 0 Å². The predicted molar refractivity (Wildman–Crippen MR) is 108 cm³/mol. The van der Waals surface area contributed by atoms with Crippen molar-refractivity contribution in [3.63, 3.8) is 0 Å². The first-order valence-corrected chi connectivity index (χ1v) is 10.6. The second-order valence-electron chi connectivity index (χ2n) is 6.86. The van der Waals surface area contributed by atoms with Gasteiger partial charge in [0.15, 0.2) is 0 Å². The summed E-state index contributed by atoms with van der Waals surface area (Å²) >= 11 is 3.46. The van der Waals surface area contributed by atoms with Crippen molar-refractivity contribution in [2.24, 2.45) is 0 Å². The monoisotopic (exact) mass is 422 g/mol. The summed E-state index contributed by atoms with van der Waals surface area (Å²) in [7, 11) is 1.52. The van der Waals surface area contributed by atoms with E-state index in [9.17, 15) is 20.4 Å². The lowest BCUT2D eigenvalue weighted by atomic mass is 9.90. The van der Waals surface area contributed by atoms with Gasteiger partial charge in [0.2, 0.25) is 0 Å². The average molecular weight is 423 g/mol. The number of ether oxygens (including phenoxy) is 2. The van der Waals surface area contributed by atoms with Crippen LogP contribution >= 0.6 is 22.7 Å². The van der Waals surface area contributed by atoms with Crippen LogP contribution in [0.1, 0.15) is 22.1 Å². The number of benzene rings is 1. The van der Waals surface area contributed by atoms with E-state index < -0.39 is 37.1 Å². The summed E-state index contributed by atoms with van der Waals surface area (Å²) in [5.74, 6) is 0.514. The Morgan fingerprint density at radius 1 is 1.04 bits per heavy atom. The van der Waals surface area contributed by atoms with E-state index in [1.807, 2.05) is 18.2 Å². The number of aliphatic hydroxyl groups is 4. The molecule has 0 amide bonds. The van der Waals surface area contributed by atoms with Crippen LogP contribution in [0.15, 0.2) is 35.7 Å². The highest BCUT2D eigenvalue weighted by Crippen LogP contribution is 2.38. The average Bonchev–Trinajstić information content (AvgIpc) is 3.28. The molecule has 0 aliphatic carbocycles. The molecule has 1 aliphatic rings. The zero-order valence-corrected chi connectivity index (χ0v) is 16.8. The lowest BCUT2D eigenvalue weighted by Gasteiger charge is -2.40. The fraction of sp³-hybridized carbons (Fsp3) is 0.400. The van der Waals surface area contributed by atoms with Gasteiger partial charge >= 0.3 is 0 Å². The lowest BCUT2D eigenvalue weighted by molar-refractivity contribution is -0.232. The minimum atomic E-state index is -1.42. The second-order valence-corrected chi connectivity index (χ2v) is 8.98. The van der Waals surface area contributed by atoms with Crippen LogP contribution in [0.2, 0.25) is 0 Å². The largest absolute Gasteiger partial charge is 0.496 e. The third-order valence-electron chi connectivity index (χ3n) is 5.06. The fourth-order valence-electron chi connectivity index (χ4n) is 3.58. The molecule has 8 heteroatoms. The van der Waals surface area contributed by atoms with Crippen molar-refractivity contribution in [2.75, 3.05) is 13.7 Å². The Kier molecular flexibility index (Phi) is 5.71. The van der Waals surface area contributed by atoms with Crippen LogP contribution in [-0.4, -0.2) is 58.6 Å². The Labute approximate surface area is 170 Å². The predicted octanol–water partition coefficient (Wildman–Crippen LogP) is 2.08. The molecule has 3 heterocycles. The number of thiophene rings is 2. The summed E-state index contributed by atoms with van der Waals surface area (Å²) in [6.07, 6.45) is -5.30. The summed E-state index contributed by atoms with van der Waals surface area (Å²) in [4.78, 5) is 1.23. The molecule has 2 aromatic heterocycles. The van der Waals surface area contributed by atoms with Crippen molar-refractivity contribution < 1.29 is 29.9 Å². The molecule has 1 saturated heterocycles. The van der Waals surface area contributed by atoms with Gasteiger partial charge < -0.3 is 29.9 Å². The van der Waals surface area contributed by atoms with Crippen molar-refractivity contribution in [3.8, 4) is 5.75 Å². The zero-order valence-electron chi connectivity index (χ0n) is 15.2. The standard InChI is InChI=1S/C20H22O6S2/c1-25-13-3-2-10(6-11-8-16-15(28-11)4-5-27-16)7-12(13)20-19(24)18(23)17(22)14(9-21)26-20/h2-5,7-8,14,17-24H,6,9H2,1H3/t14?,17-,18?,19-,20?/m1/s1. The maximum absolute atomic E-state index is 10.5. The Morgan fingerprint density at radius 3 is 2.57 bits per heavy atom. The summed E-state index contributed by atoms with van der Waals surface area (Å²) in [5.41, 5.74) is 1.59. The van der Waals surface area contributed by atoms with Crippen molar-refractivity contribution in [3.05, 3.63) is 51.7 Å². The molecular formula is C20H22O6S2. The molecule has 0 radical (unpaired) electrons. The minimum Gasteiger partial charge on any atom is -0.496 e. The SMILES string of the molecule is COc1ccc(Cc2cc3sccc3s2)cc1C1OC(CO)[C@@H](O)C(O)[C@H]1O. The summed E-state index contributed by atoms with van der Waals surface area (Å²) < 4.78 is 13.7. The molecule has 28 heavy (non-hydrogen) atoms. The third kappa shape index (κ3) is 3.57. The van der Waals surface area contributed by atoms with Gasteiger partial charge in [0, 0.05) is 26.3 Å². The van der Waals surface area contributed by atoms with Crippen LogP contribution in [0.3, 0.4) is 0 Å². The first-order chi connectivity index (χ1) is 13.5. The molecule has 3 unspecified atom stereocenters. The minimum absolute atomic E-state index is 0.463. The van der Waals surface area contributed by atoms with E-state index in [1.165, 1.54) is 21.4 Å². The number of hydrogen-bond donors (Lipinski definition) is 4. The van der Waals surface area contributed by atoms with E-state index >= 15 is 0 Å². The summed E-state index contributed by atoms with van der Waals surface area (Å²) in [6.45, 7) is -0.463. The van der Waals surface area contributed by atoms with Crippen LogP contribution in [-0.2, 0) is 11.2 Å². The van der Waals surface area contributed by atoms with E-state index in [1.54, 1.807) is 22.7 Å². The molecule has 1 aromatic carbocycles. The Bertz CT molecular complexity index is 921. The van der Waals surface area contributed by atoms with E-state index in [-0.39, 0.29) is 0 Å².